The van der Waals surface area contributed by atoms with E-state index in [1.165, 1.54) is 6.08 Å². The van der Waals surface area contributed by atoms with Gasteiger partial charge in [-0.25, -0.2) is 4.79 Å². The zero-order valence-corrected chi connectivity index (χ0v) is 18.7. The van der Waals surface area contributed by atoms with Crippen molar-refractivity contribution in [2.45, 2.75) is 20.3 Å². The standard InChI is InChI=1S/C23H25N3O5S/c1-3-14-30-22(29)18-9-11-19(12-10-18)31-15-21(28)25-26-23(32)24-20(27)13-8-17-6-4-16(2)5-7-17/h4-13H,3,14-15H2,1-2H3,(H,25,28)(H2,24,26,27,32). The van der Waals surface area contributed by atoms with Crippen LogP contribution < -0.4 is 20.9 Å². The molecule has 0 aromatic heterocycles. The minimum absolute atomic E-state index is 0.0631. The van der Waals surface area contributed by atoms with Crippen molar-refractivity contribution in [3.05, 3.63) is 71.3 Å². The molecule has 2 aromatic rings. The Morgan fingerprint density at radius 3 is 2.34 bits per heavy atom. The lowest BCUT2D eigenvalue weighted by Gasteiger charge is -2.11. The summed E-state index contributed by atoms with van der Waals surface area (Å²) in [5.41, 5.74) is 7.15. The van der Waals surface area contributed by atoms with E-state index in [0.29, 0.717) is 17.9 Å². The molecule has 0 saturated heterocycles. The Bertz CT molecular complexity index is 972. The Labute approximate surface area is 192 Å². The molecule has 9 heteroatoms. The molecular formula is C23H25N3O5S. The molecule has 0 saturated carbocycles. The summed E-state index contributed by atoms with van der Waals surface area (Å²) in [6.07, 6.45) is 3.73. The molecule has 3 N–H and O–H groups in total. The minimum Gasteiger partial charge on any atom is -0.484 e. The molecule has 32 heavy (non-hydrogen) atoms. The van der Waals surface area contributed by atoms with Crippen LogP contribution in [0.4, 0.5) is 0 Å². The molecule has 0 aliphatic heterocycles. The van der Waals surface area contributed by atoms with Gasteiger partial charge >= 0.3 is 5.97 Å². The average Bonchev–Trinajstić information content (AvgIpc) is 2.79. The Morgan fingerprint density at radius 1 is 1.00 bits per heavy atom. The van der Waals surface area contributed by atoms with Crippen LogP contribution in [0.15, 0.2) is 54.6 Å². The second kappa shape index (κ2) is 12.9. The molecule has 168 valence electrons. The number of aryl methyl sites for hydroxylation is 1. The van der Waals surface area contributed by atoms with Gasteiger partial charge in [-0.05, 0) is 61.5 Å². The number of hydrogen-bond donors (Lipinski definition) is 3. The number of ether oxygens (including phenoxy) is 2. The smallest absolute Gasteiger partial charge is 0.338 e. The maximum Gasteiger partial charge on any atom is 0.338 e. The van der Waals surface area contributed by atoms with Gasteiger partial charge in [0.25, 0.3) is 5.91 Å². The van der Waals surface area contributed by atoms with Gasteiger partial charge in [0.15, 0.2) is 11.7 Å². The van der Waals surface area contributed by atoms with Crippen molar-refractivity contribution < 1.29 is 23.9 Å². The van der Waals surface area contributed by atoms with Crippen molar-refractivity contribution in [2.75, 3.05) is 13.2 Å². The first kappa shape index (κ1) is 24.5. The number of benzene rings is 2. The van der Waals surface area contributed by atoms with Crippen LogP contribution in [0.25, 0.3) is 6.08 Å². The normalized spacial score (nSPS) is 10.3. The predicted molar refractivity (Wildman–Crippen MR) is 125 cm³/mol. The number of hydrazine groups is 1. The maximum absolute atomic E-state index is 11.9. The van der Waals surface area contributed by atoms with Crippen molar-refractivity contribution in [3.8, 4) is 5.75 Å². The highest BCUT2D eigenvalue weighted by Gasteiger charge is 2.08. The van der Waals surface area contributed by atoms with Crippen molar-refractivity contribution in [1.82, 2.24) is 16.2 Å². The summed E-state index contributed by atoms with van der Waals surface area (Å²) in [4.78, 5) is 35.5. The van der Waals surface area contributed by atoms with Gasteiger partial charge < -0.3 is 9.47 Å². The number of hydrogen-bond acceptors (Lipinski definition) is 6. The second-order valence-corrected chi connectivity index (χ2v) is 7.09. The first-order chi connectivity index (χ1) is 15.4. The lowest BCUT2D eigenvalue weighted by Crippen LogP contribution is -2.49. The largest absolute Gasteiger partial charge is 0.484 e. The third-order valence-electron chi connectivity index (χ3n) is 3.95. The van der Waals surface area contributed by atoms with Crippen LogP contribution in [0.2, 0.25) is 0 Å². The zero-order valence-electron chi connectivity index (χ0n) is 17.8. The van der Waals surface area contributed by atoms with Crippen LogP contribution in [0, 0.1) is 6.92 Å². The fraction of sp³-hybridized carbons (Fsp3) is 0.217. The maximum atomic E-state index is 11.9. The molecule has 2 rings (SSSR count). The van der Waals surface area contributed by atoms with E-state index in [4.69, 9.17) is 21.7 Å². The van der Waals surface area contributed by atoms with Gasteiger partial charge in [-0.1, -0.05) is 36.8 Å². The Balaban J connectivity index is 1.68. The molecule has 0 atom stereocenters. The van der Waals surface area contributed by atoms with Crippen LogP contribution in [0.5, 0.6) is 5.75 Å². The van der Waals surface area contributed by atoms with E-state index in [-0.39, 0.29) is 11.7 Å². The van der Waals surface area contributed by atoms with E-state index in [0.717, 1.165) is 17.5 Å². The fourth-order valence-electron chi connectivity index (χ4n) is 2.31. The van der Waals surface area contributed by atoms with Gasteiger partial charge in [0.2, 0.25) is 5.91 Å². The molecule has 0 bridgehead atoms. The van der Waals surface area contributed by atoms with Crippen LogP contribution in [0.1, 0.15) is 34.8 Å². The molecule has 2 amide bonds. The Hall–Kier alpha value is -3.72. The molecule has 2 aromatic carbocycles. The quantitative estimate of drug-likeness (QED) is 0.243. The molecule has 0 spiro atoms. The fourth-order valence-corrected chi connectivity index (χ4v) is 2.46. The highest BCUT2D eigenvalue weighted by molar-refractivity contribution is 7.80. The SMILES string of the molecule is CCCOC(=O)c1ccc(OCC(=O)NNC(=S)NC(=O)C=Cc2ccc(C)cc2)cc1. The number of rotatable bonds is 8. The van der Waals surface area contributed by atoms with Gasteiger partial charge in [-0.3, -0.25) is 25.8 Å². The molecule has 8 nitrogen and oxygen atoms in total. The van der Waals surface area contributed by atoms with Crippen molar-refractivity contribution in [1.29, 1.82) is 0 Å². The van der Waals surface area contributed by atoms with Crippen LogP contribution in [0.3, 0.4) is 0 Å². The first-order valence-corrected chi connectivity index (χ1v) is 10.3. The zero-order chi connectivity index (χ0) is 23.3. The summed E-state index contributed by atoms with van der Waals surface area (Å²) >= 11 is 4.97. The number of carbonyl (C=O) groups excluding carboxylic acids is 3. The van der Waals surface area contributed by atoms with Gasteiger partial charge in [0, 0.05) is 6.08 Å². The third-order valence-corrected chi connectivity index (χ3v) is 4.16. The Morgan fingerprint density at radius 2 is 1.69 bits per heavy atom. The second-order valence-electron chi connectivity index (χ2n) is 6.68. The Kier molecular flexibility index (Phi) is 9.86. The van der Waals surface area contributed by atoms with Crippen LogP contribution >= 0.6 is 12.2 Å². The van der Waals surface area contributed by atoms with Crippen LogP contribution in [-0.2, 0) is 14.3 Å². The molecule has 0 radical (unpaired) electrons. The highest BCUT2D eigenvalue weighted by Crippen LogP contribution is 2.13. The van der Waals surface area contributed by atoms with Gasteiger partial charge in [-0.2, -0.15) is 0 Å². The van der Waals surface area contributed by atoms with Crippen molar-refractivity contribution in [2.24, 2.45) is 0 Å². The van der Waals surface area contributed by atoms with E-state index in [1.54, 1.807) is 30.3 Å². The van der Waals surface area contributed by atoms with E-state index in [9.17, 15) is 14.4 Å². The summed E-state index contributed by atoms with van der Waals surface area (Å²) in [6, 6.07) is 13.9. The molecule has 0 heterocycles. The van der Waals surface area contributed by atoms with Crippen LogP contribution in [-0.4, -0.2) is 36.1 Å². The molecule has 0 fully saturated rings. The van der Waals surface area contributed by atoms with E-state index in [1.807, 2.05) is 38.1 Å². The lowest BCUT2D eigenvalue weighted by molar-refractivity contribution is -0.123. The number of thiocarbonyl (C=S) groups is 1. The number of nitrogens with one attached hydrogen (secondary N) is 3. The monoisotopic (exact) mass is 455 g/mol. The van der Waals surface area contributed by atoms with E-state index >= 15 is 0 Å². The predicted octanol–water partition coefficient (Wildman–Crippen LogP) is 2.68. The molecular weight excluding hydrogens is 430 g/mol. The summed E-state index contributed by atoms with van der Waals surface area (Å²) in [5.74, 6) is -0.955. The van der Waals surface area contributed by atoms with Crippen molar-refractivity contribution in [3.63, 3.8) is 0 Å². The summed E-state index contributed by atoms with van der Waals surface area (Å²) in [5, 5.41) is 2.35. The van der Waals surface area contributed by atoms with Gasteiger partial charge in [0.1, 0.15) is 5.75 Å². The number of esters is 1. The van der Waals surface area contributed by atoms with E-state index < -0.39 is 17.8 Å². The summed E-state index contributed by atoms with van der Waals surface area (Å²) in [7, 11) is 0. The van der Waals surface area contributed by atoms with E-state index in [2.05, 4.69) is 16.2 Å². The number of carbonyl (C=O) groups is 3. The molecule has 0 unspecified atom stereocenters. The first-order valence-electron chi connectivity index (χ1n) is 9.92. The van der Waals surface area contributed by atoms with Crippen molar-refractivity contribution >= 4 is 41.2 Å². The molecule has 0 aliphatic rings. The van der Waals surface area contributed by atoms with Gasteiger partial charge in [0.05, 0.1) is 12.2 Å². The minimum atomic E-state index is -0.511. The van der Waals surface area contributed by atoms with Gasteiger partial charge in [-0.15, -0.1) is 0 Å². The summed E-state index contributed by atoms with van der Waals surface area (Å²) < 4.78 is 10.4. The third kappa shape index (κ3) is 8.97. The number of amides is 2. The average molecular weight is 456 g/mol. The lowest BCUT2D eigenvalue weighted by atomic mass is 10.1. The topological polar surface area (TPSA) is 106 Å². The summed E-state index contributed by atoms with van der Waals surface area (Å²) in [6.45, 7) is 3.95. The highest BCUT2D eigenvalue weighted by atomic mass is 32.1. The molecule has 0 aliphatic carbocycles.